The van der Waals surface area contributed by atoms with Gasteiger partial charge in [-0.1, -0.05) is 40.0 Å². The van der Waals surface area contributed by atoms with Crippen molar-refractivity contribution >= 4 is 23.8 Å². The van der Waals surface area contributed by atoms with E-state index in [-0.39, 0.29) is 0 Å². The lowest BCUT2D eigenvalue weighted by atomic mass is 9.95. The van der Waals surface area contributed by atoms with E-state index < -0.39 is 0 Å². The number of hydrogen-bond donors (Lipinski definition) is 0. The number of rotatable bonds is 5. The van der Waals surface area contributed by atoms with Gasteiger partial charge in [0.05, 0.1) is 11.4 Å². The van der Waals surface area contributed by atoms with E-state index in [1.165, 1.54) is 6.42 Å². The summed E-state index contributed by atoms with van der Waals surface area (Å²) in [6.45, 7) is 18.0. The third kappa shape index (κ3) is 3.93. The lowest BCUT2D eigenvalue weighted by molar-refractivity contribution is 0.506. The van der Waals surface area contributed by atoms with Crippen LogP contribution in [0.1, 0.15) is 50.1 Å². The molecule has 0 aliphatic carbocycles. The molecule has 2 saturated heterocycles. The summed E-state index contributed by atoms with van der Waals surface area (Å²) in [7, 11) is 0. The molecule has 0 bridgehead atoms. The molecular weight excluding hydrogens is 346 g/mol. The van der Waals surface area contributed by atoms with Crippen LogP contribution in [0.25, 0.3) is 12.2 Å². The van der Waals surface area contributed by atoms with Crippen LogP contribution in [-0.4, -0.2) is 41.1 Å². The van der Waals surface area contributed by atoms with E-state index >= 15 is 0 Å². The van der Waals surface area contributed by atoms with Crippen LogP contribution in [0.2, 0.25) is 0 Å². The second kappa shape index (κ2) is 9.00. The highest BCUT2D eigenvalue weighted by atomic mass is 15.3. The van der Waals surface area contributed by atoms with Gasteiger partial charge in [-0.05, 0) is 36.1 Å². The summed E-state index contributed by atoms with van der Waals surface area (Å²) in [4.78, 5) is 18.7. The molecular formula is C23H31N5. The molecule has 0 saturated carbocycles. The average molecular weight is 378 g/mol. The maximum atomic E-state index is 4.71. The van der Waals surface area contributed by atoms with Crippen LogP contribution in [0.5, 0.6) is 0 Å². The SMILES string of the molecule is C=Cc1ccc(N2CC(c3nccnc3N3CCC(C)C3)C2)nc1C=C.CC. The first kappa shape index (κ1) is 20.1. The Balaban J connectivity index is 0.00000109. The summed E-state index contributed by atoms with van der Waals surface area (Å²) in [6, 6.07) is 4.11. The Kier molecular flexibility index (Phi) is 6.45. The van der Waals surface area contributed by atoms with Gasteiger partial charge in [-0.3, -0.25) is 4.98 Å². The molecule has 4 heterocycles. The van der Waals surface area contributed by atoms with Gasteiger partial charge in [-0.15, -0.1) is 0 Å². The van der Waals surface area contributed by atoms with Crippen molar-refractivity contribution < 1.29 is 0 Å². The van der Waals surface area contributed by atoms with E-state index in [1.807, 2.05) is 32.3 Å². The predicted molar refractivity (Wildman–Crippen MR) is 119 cm³/mol. The van der Waals surface area contributed by atoms with Crippen molar-refractivity contribution in [3.8, 4) is 0 Å². The van der Waals surface area contributed by atoms with Crippen LogP contribution in [0, 0.1) is 5.92 Å². The van der Waals surface area contributed by atoms with Crippen LogP contribution in [0.4, 0.5) is 11.6 Å². The van der Waals surface area contributed by atoms with Gasteiger partial charge in [0.1, 0.15) is 5.82 Å². The Labute approximate surface area is 168 Å². The van der Waals surface area contributed by atoms with E-state index in [1.54, 1.807) is 6.08 Å². The zero-order chi connectivity index (χ0) is 20.1. The normalized spacial score (nSPS) is 18.9. The quantitative estimate of drug-likeness (QED) is 0.760. The van der Waals surface area contributed by atoms with Crippen LogP contribution in [0.3, 0.4) is 0 Å². The molecule has 0 amide bonds. The standard InChI is InChI=1S/C21H25N5.C2H6/c1-4-16-6-7-19(24-18(16)5-2)26-13-17(14-26)20-21(23-10-9-22-20)25-11-8-15(3)12-25;1-2/h4-7,9-10,15,17H,1-2,8,11-14H2,3H3;1-2H3. The smallest absolute Gasteiger partial charge is 0.150 e. The molecule has 2 aliphatic heterocycles. The predicted octanol–water partition coefficient (Wildman–Crippen LogP) is 4.63. The fourth-order valence-electron chi connectivity index (χ4n) is 3.83. The number of anilines is 2. The summed E-state index contributed by atoms with van der Waals surface area (Å²) in [5.41, 5.74) is 3.02. The molecule has 1 unspecified atom stereocenters. The maximum Gasteiger partial charge on any atom is 0.150 e. The first-order valence-electron chi connectivity index (χ1n) is 10.3. The van der Waals surface area contributed by atoms with Crippen LogP contribution >= 0.6 is 0 Å². The number of pyridine rings is 1. The summed E-state index contributed by atoms with van der Waals surface area (Å²) < 4.78 is 0. The fourth-order valence-corrected chi connectivity index (χ4v) is 3.83. The van der Waals surface area contributed by atoms with Crippen molar-refractivity contribution in [2.75, 3.05) is 36.0 Å². The summed E-state index contributed by atoms with van der Waals surface area (Å²) in [6.07, 6.45) is 8.46. The third-order valence-electron chi connectivity index (χ3n) is 5.38. The average Bonchev–Trinajstić information content (AvgIpc) is 3.15. The minimum Gasteiger partial charge on any atom is -0.355 e. The van der Waals surface area contributed by atoms with Crippen molar-refractivity contribution in [2.45, 2.75) is 33.1 Å². The van der Waals surface area contributed by atoms with E-state index in [0.717, 1.165) is 60.7 Å². The first-order chi connectivity index (χ1) is 13.7. The van der Waals surface area contributed by atoms with Gasteiger partial charge >= 0.3 is 0 Å². The highest BCUT2D eigenvalue weighted by Gasteiger charge is 2.34. The zero-order valence-electron chi connectivity index (χ0n) is 17.3. The van der Waals surface area contributed by atoms with E-state index in [2.05, 4.69) is 52.0 Å². The van der Waals surface area contributed by atoms with Crippen LogP contribution < -0.4 is 9.80 Å². The number of aromatic nitrogens is 3. The first-order valence-corrected chi connectivity index (χ1v) is 10.3. The van der Waals surface area contributed by atoms with E-state index in [4.69, 9.17) is 4.98 Å². The molecule has 5 nitrogen and oxygen atoms in total. The lowest BCUT2D eigenvalue weighted by Gasteiger charge is -2.41. The van der Waals surface area contributed by atoms with Crippen molar-refractivity contribution in [1.29, 1.82) is 0 Å². The third-order valence-corrected chi connectivity index (χ3v) is 5.38. The Bertz CT molecular complexity index is 825. The van der Waals surface area contributed by atoms with Gasteiger partial charge in [-0.2, -0.15) is 0 Å². The summed E-state index contributed by atoms with van der Waals surface area (Å²) in [5.74, 6) is 3.19. The van der Waals surface area contributed by atoms with Gasteiger partial charge in [0.25, 0.3) is 0 Å². The minimum atomic E-state index is 0.405. The Hall–Kier alpha value is -2.69. The molecule has 2 aromatic heterocycles. The molecule has 0 spiro atoms. The second-order valence-electron chi connectivity index (χ2n) is 7.26. The van der Waals surface area contributed by atoms with E-state index in [9.17, 15) is 0 Å². The zero-order valence-corrected chi connectivity index (χ0v) is 17.3. The largest absolute Gasteiger partial charge is 0.355 e. The van der Waals surface area contributed by atoms with Gasteiger partial charge < -0.3 is 9.80 Å². The molecule has 2 fully saturated rings. The van der Waals surface area contributed by atoms with Crippen molar-refractivity contribution in [3.05, 3.63) is 54.6 Å². The maximum absolute atomic E-state index is 4.71. The molecule has 28 heavy (non-hydrogen) atoms. The van der Waals surface area contributed by atoms with Crippen LogP contribution in [-0.2, 0) is 0 Å². The van der Waals surface area contributed by atoms with Crippen molar-refractivity contribution in [2.24, 2.45) is 5.92 Å². The molecule has 2 aromatic rings. The Morgan fingerprint density at radius 1 is 1.00 bits per heavy atom. The summed E-state index contributed by atoms with van der Waals surface area (Å²) in [5, 5.41) is 0. The molecule has 1 atom stereocenters. The monoisotopic (exact) mass is 377 g/mol. The second-order valence-corrected chi connectivity index (χ2v) is 7.26. The highest BCUT2D eigenvalue weighted by Crippen LogP contribution is 2.35. The molecule has 5 heteroatoms. The topological polar surface area (TPSA) is 45.2 Å². The van der Waals surface area contributed by atoms with E-state index in [0.29, 0.717) is 5.92 Å². The molecule has 2 aliphatic rings. The van der Waals surface area contributed by atoms with Crippen molar-refractivity contribution in [1.82, 2.24) is 15.0 Å². The van der Waals surface area contributed by atoms with Crippen LogP contribution in [0.15, 0.2) is 37.7 Å². The van der Waals surface area contributed by atoms with Gasteiger partial charge in [-0.25, -0.2) is 9.97 Å². The molecule has 0 N–H and O–H groups in total. The van der Waals surface area contributed by atoms with Gasteiger partial charge in [0, 0.05) is 44.5 Å². The number of nitrogens with zero attached hydrogens (tertiary/aromatic N) is 5. The highest BCUT2D eigenvalue weighted by molar-refractivity contribution is 5.63. The van der Waals surface area contributed by atoms with Crippen molar-refractivity contribution in [3.63, 3.8) is 0 Å². The van der Waals surface area contributed by atoms with Gasteiger partial charge in [0.2, 0.25) is 0 Å². The van der Waals surface area contributed by atoms with Gasteiger partial charge in [0.15, 0.2) is 5.82 Å². The fraction of sp³-hybridized carbons (Fsp3) is 0.435. The molecule has 4 rings (SSSR count). The molecule has 0 radical (unpaired) electrons. The minimum absolute atomic E-state index is 0.405. The Morgan fingerprint density at radius 2 is 1.75 bits per heavy atom. The molecule has 0 aromatic carbocycles. The Morgan fingerprint density at radius 3 is 2.39 bits per heavy atom. The molecule has 148 valence electrons. The lowest BCUT2D eigenvalue weighted by Crippen LogP contribution is -2.46. The summed E-state index contributed by atoms with van der Waals surface area (Å²) >= 11 is 0. The number of hydrogen-bond acceptors (Lipinski definition) is 5.